The van der Waals surface area contributed by atoms with Gasteiger partial charge in [-0.05, 0) is 50.3 Å². The predicted octanol–water partition coefficient (Wildman–Crippen LogP) is 2.05. The van der Waals surface area contributed by atoms with E-state index < -0.39 is 6.10 Å². The van der Waals surface area contributed by atoms with Crippen molar-refractivity contribution in [1.82, 2.24) is 10.2 Å². The Labute approximate surface area is 122 Å². The molecular formula is C16H28N2O2. The zero-order valence-corrected chi connectivity index (χ0v) is 12.9. The summed E-state index contributed by atoms with van der Waals surface area (Å²) in [5, 5.41) is 13.4. The lowest BCUT2D eigenvalue weighted by Gasteiger charge is -2.18. The molecule has 0 aliphatic carbocycles. The van der Waals surface area contributed by atoms with Gasteiger partial charge in [-0.2, -0.15) is 0 Å². The molecule has 0 fully saturated rings. The molecule has 0 radical (unpaired) electrons. The van der Waals surface area contributed by atoms with E-state index in [1.54, 1.807) is 7.11 Å². The Morgan fingerprint density at radius 1 is 1.20 bits per heavy atom. The lowest BCUT2D eigenvalue weighted by molar-refractivity contribution is 0.174. The Hall–Kier alpha value is -1.10. The molecule has 2 N–H and O–H groups in total. The highest BCUT2D eigenvalue weighted by molar-refractivity contribution is 5.28. The zero-order chi connectivity index (χ0) is 14.8. The number of nitrogens with one attached hydrogen (secondary N) is 1. The molecule has 4 nitrogen and oxygen atoms in total. The molecule has 0 bridgehead atoms. The molecule has 0 heterocycles. The molecule has 0 aromatic heterocycles. The second kappa shape index (κ2) is 9.75. The molecule has 1 rings (SSSR count). The molecule has 1 unspecified atom stereocenters. The molecule has 0 saturated carbocycles. The second-order valence-corrected chi connectivity index (χ2v) is 4.87. The predicted molar refractivity (Wildman–Crippen MR) is 83.2 cm³/mol. The summed E-state index contributed by atoms with van der Waals surface area (Å²) < 4.78 is 5.10. The molecule has 1 aromatic rings. The van der Waals surface area contributed by atoms with Crippen LogP contribution in [-0.2, 0) is 0 Å². The van der Waals surface area contributed by atoms with Crippen LogP contribution in [0.2, 0.25) is 0 Å². The Morgan fingerprint density at radius 2 is 1.85 bits per heavy atom. The van der Waals surface area contributed by atoms with Crippen molar-refractivity contribution in [2.45, 2.75) is 26.4 Å². The van der Waals surface area contributed by atoms with Crippen LogP contribution in [0.4, 0.5) is 0 Å². The monoisotopic (exact) mass is 280 g/mol. The summed E-state index contributed by atoms with van der Waals surface area (Å²) in [7, 11) is 1.64. The van der Waals surface area contributed by atoms with Gasteiger partial charge in [0.05, 0.1) is 13.2 Å². The molecule has 0 aliphatic heterocycles. The van der Waals surface area contributed by atoms with E-state index in [4.69, 9.17) is 4.74 Å². The fourth-order valence-electron chi connectivity index (χ4n) is 2.15. The van der Waals surface area contributed by atoms with E-state index in [1.165, 1.54) is 0 Å². The Bertz CT molecular complexity index is 350. The minimum absolute atomic E-state index is 0.464. The van der Waals surface area contributed by atoms with Crippen molar-refractivity contribution >= 4 is 0 Å². The van der Waals surface area contributed by atoms with Crippen LogP contribution in [0, 0.1) is 0 Å². The van der Waals surface area contributed by atoms with E-state index in [0.717, 1.165) is 43.9 Å². The number of aliphatic hydroxyl groups is 1. The summed E-state index contributed by atoms with van der Waals surface area (Å²) in [6.07, 6.45) is 0.645. The minimum atomic E-state index is -0.464. The van der Waals surface area contributed by atoms with Crippen molar-refractivity contribution < 1.29 is 9.84 Å². The highest BCUT2D eigenvalue weighted by atomic mass is 16.5. The Kier molecular flexibility index (Phi) is 8.26. The lowest BCUT2D eigenvalue weighted by atomic mass is 10.1. The van der Waals surface area contributed by atoms with Crippen LogP contribution in [0.15, 0.2) is 24.3 Å². The third-order valence-corrected chi connectivity index (χ3v) is 3.56. The van der Waals surface area contributed by atoms with E-state index >= 15 is 0 Å². The van der Waals surface area contributed by atoms with E-state index in [9.17, 15) is 5.11 Å². The van der Waals surface area contributed by atoms with Gasteiger partial charge in [-0.25, -0.2) is 0 Å². The van der Waals surface area contributed by atoms with Gasteiger partial charge in [-0.1, -0.05) is 26.0 Å². The largest absolute Gasteiger partial charge is 0.497 e. The molecule has 0 amide bonds. The Balaban J connectivity index is 2.20. The van der Waals surface area contributed by atoms with Gasteiger partial charge < -0.3 is 20.1 Å². The lowest BCUT2D eigenvalue weighted by Crippen LogP contribution is -2.28. The van der Waals surface area contributed by atoms with Crippen LogP contribution in [0.3, 0.4) is 0 Å². The van der Waals surface area contributed by atoms with Crippen LogP contribution in [-0.4, -0.2) is 49.8 Å². The SMILES string of the molecule is CCN(CC)CCCNCC(O)c1ccc(OC)cc1. The van der Waals surface area contributed by atoms with Crippen LogP contribution in [0.1, 0.15) is 31.9 Å². The number of benzene rings is 1. The minimum Gasteiger partial charge on any atom is -0.497 e. The van der Waals surface area contributed by atoms with Gasteiger partial charge >= 0.3 is 0 Å². The summed E-state index contributed by atoms with van der Waals surface area (Å²) in [5.74, 6) is 0.813. The van der Waals surface area contributed by atoms with E-state index in [0.29, 0.717) is 6.54 Å². The third-order valence-electron chi connectivity index (χ3n) is 3.56. The number of methoxy groups -OCH3 is 1. The number of rotatable bonds is 10. The molecule has 1 atom stereocenters. The number of aliphatic hydroxyl groups excluding tert-OH is 1. The van der Waals surface area contributed by atoms with Crippen molar-refractivity contribution in [3.05, 3.63) is 29.8 Å². The molecule has 114 valence electrons. The van der Waals surface area contributed by atoms with Gasteiger partial charge in [0.2, 0.25) is 0 Å². The highest BCUT2D eigenvalue weighted by Crippen LogP contribution is 2.16. The van der Waals surface area contributed by atoms with Gasteiger partial charge in [0, 0.05) is 6.54 Å². The van der Waals surface area contributed by atoms with Crippen molar-refractivity contribution in [1.29, 1.82) is 0 Å². The van der Waals surface area contributed by atoms with Crippen molar-refractivity contribution in [3.63, 3.8) is 0 Å². The first-order valence-electron chi connectivity index (χ1n) is 7.46. The molecule has 0 saturated heterocycles. The molecule has 1 aromatic carbocycles. The number of hydrogen-bond donors (Lipinski definition) is 2. The number of nitrogens with zero attached hydrogens (tertiary/aromatic N) is 1. The average molecular weight is 280 g/mol. The van der Waals surface area contributed by atoms with Gasteiger partial charge in [-0.3, -0.25) is 0 Å². The summed E-state index contributed by atoms with van der Waals surface area (Å²) in [6.45, 7) is 9.21. The topological polar surface area (TPSA) is 44.7 Å². The first-order valence-corrected chi connectivity index (χ1v) is 7.46. The standard InChI is InChI=1S/C16H28N2O2/c1-4-18(5-2)12-6-11-17-13-16(19)14-7-9-15(20-3)10-8-14/h7-10,16-17,19H,4-6,11-13H2,1-3H3. The number of hydrogen-bond acceptors (Lipinski definition) is 4. The maximum absolute atomic E-state index is 10.1. The normalized spacial score (nSPS) is 12.7. The van der Waals surface area contributed by atoms with Crippen molar-refractivity contribution in [2.75, 3.05) is 39.8 Å². The molecule has 0 aliphatic rings. The smallest absolute Gasteiger partial charge is 0.118 e. The summed E-state index contributed by atoms with van der Waals surface area (Å²) in [4.78, 5) is 2.40. The van der Waals surface area contributed by atoms with Crippen LogP contribution in [0.25, 0.3) is 0 Å². The van der Waals surface area contributed by atoms with Crippen LogP contribution < -0.4 is 10.1 Å². The maximum atomic E-state index is 10.1. The quantitative estimate of drug-likeness (QED) is 0.644. The summed E-state index contributed by atoms with van der Waals surface area (Å²) in [5.41, 5.74) is 0.919. The van der Waals surface area contributed by atoms with Crippen LogP contribution in [0.5, 0.6) is 5.75 Å². The fraction of sp³-hybridized carbons (Fsp3) is 0.625. The molecule has 4 heteroatoms. The van der Waals surface area contributed by atoms with E-state index in [1.807, 2.05) is 24.3 Å². The fourth-order valence-corrected chi connectivity index (χ4v) is 2.15. The van der Waals surface area contributed by atoms with E-state index in [-0.39, 0.29) is 0 Å². The van der Waals surface area contributed by atoms with E-state index in [2.05, 4.69) is 24.1 Å². The summed E-state index contributed by atoms with van der Waals surface area (Å²) >= 11 is 0. The van der Waals surface area contributed by atoms with Gasteiger partial charge in [0.15, 0.2) is 0 Å². The Morgan fingerprint density at radius 3 is 2.40 bits per heavy atom. The zero-order valence-electron chi connectivity index (χ0n) is 12.9. The molecule has 20 heavy (non-hydrogen) atoms. The van der Waals surface area contributed by atoms with Gasteiger partial charge in [0.25, 0.3) is 0 Å². The second-order valence-electron chi connectivity index (χ2n) is 4.87. The highest BCUT2D eigenvalue weighted by Gasteiger charge is 2.07. The van der Waals surface area contributed by atoms with Gasteiger partial charge in [0.1, 0.15) is 5.75 Å². The van der Waals surface area contributed by atoms with Gasteiger partial charge in [-0.15, -0.1) is 0 Å². The first kappa shape index (κ1) is 17.0. The maximum Gasteiger partial charge on any atom is 0.118 e. The molecule has 0 spiro atoms. The van der Waals surface area contributed by atoms with Crippen LogP contribution >= 0.6 is 0 Å². The average Bonchev–Trinajstić information content (AvgIpc) is 2.50. The van der Waals surface area contributed by atoms with Crippen molar-refractivity contribution in [2.24, 2.45) is 0 Å². The first-order chi connectivity index (χ1) is 9.71. The summed E-state index contributed by atoms with van der Waals surface area (Å²) in [6, 6.07) is 7.56. The third kappa shape index (κ3) is 5.90. The number of ether oxygens (including phenoxy) is 1. The molecular weight excluding hydrogens is 252 g/mol. The van der Waals surface area contributed by atoms with Crippen molar-refractivity contribution in [3.8, 4) is 5.75 Å².